The maximum atomic E-state index is 12.4. The fourth-order valence-corrected chi connectivity index (χ4v) is 3.08. The van der Waals surface area contributed by atoms with Gasteiger partial charge in [0.1, 0.15) is 11.3 Å². The Morgan fingerprint density at radius 2 is 2.00 bits per heavy atom. The van der Waals surface area contributed by atoms with Gasteiger partial charge in [-0.2, -0.15) is 0 Å². The van der Waals surface area contributed by atoms with Crippen molar-refractivity contribution in [3.8, 4) is 11.3 Å². The minimum atomic E-state index is -0.516. The van der Waals surface area contributed by atoms with Crippen LogP contribution in [0.25, 0.3) is 16.8 Å². The Labute approximate surface area is 159 Å². The van der Waals surface area contributed by atoms with Gasteiger partial charge < -0.3 is 18.9 Å². The van der Waals surface area contributed by atoms with Crippen LogP contribution < -0.4 is 0 Å². The largest absolute Gasteiger partial charge is 0.444 e. The van der Waals surface area contributed by atoms with Gasteiger partial charge in [-0.05, 0) is 32.8 Å². The number of carbonyl (C=O) groups excluding carboxylic acids is 1. The molecule has 6 nitrogen and oxygen atoms in total. The van der Waals surface area contributed by atoms with E-state index in [1.165, 1.54) is 0 Å². The summed E-state index contributed by atoms with van der Waals surface area (Å²) in [5, 5.41) is 4.20. The molecule has 2 aromatic rings. The van der Waals surface area contributed by atoms with E-state index >= 15 is 0 Å². The third kappa shape index (κ3) is 4.77. The molecule has 0 atom stereocenters. The second kappa shape index (κ2) is 7.96. The van der Waals surface area contributed by atoms with E-state index in [2.05, 4.69) is 5.16 Å². The van der Waals surface area contributed by atoms with Crippen molar-refractivity contribution >= 4 is 11.7 Å². The number of hydrogen-bond donors (Lipinski definition) is 0. The molecule has 0 radical (unpaired) electrons. The first-order valence-electron chi connectivity index (χ1n) is 9.07. The summed E-state index contributed by atoms with van der Waals surface area (Å²) in [6.45, 7) is 7.05. The summed E-state index contributed by atoms with van der Waals surface area (Å²) in [5.41, 5.74) is 3.34. The van der Waals surface area contributed by atoms with E-state index in [0.717, 1.165) is 28.2 Å². The van der Waals surface area contributed by atoms with Gasteiger partial charge in [-0.15, -0.1) is 0 Å². The predicted molar refractivity (Wildman–Crippen MR) is 103 cm³/mol. The van der Waals surface area contributed by atoms with Gasteiger partial charge in [-0.3, -0.25) is 0 Å². The molecule has 3 rings (SSSR count). The Morgan fingerprint density at radius 3 is 2.67 bits per heavy atom. The molecule has 1 aliphatic rings. The summed E-state index contributed by atoms with van der Waals surface area (Å²) in [4.78, 5) is 14.1. The molecule has 1 aliphatic heterocycles. The third-order valence-corrected chi connectivity index (χ3v) is 4.29. The van der Waals surface area contributed by atoms with Crippen LogP contribution in [0.2, 0.25) is 0 Å². The summed E-state index contributed by atoms with van der Waals surface area (Å²) < 4.78 is 16.5. The molecular formula is C21H26N2O4. The molecule has 144 valence electrons. The minimum Gasteiger partial charge on any atom is -0.444 e. The highest BCUT2D eigenvalue weighted by Gasteiger charge is 2.28. The lowest BCUT2D eigenvalue weighted by atomic mass is 9.97. The van der Waals surface area contributed by atoms with Crippen LogP contribution in [0.3, 0.4) is 0 Å². The Balaban J connectivity index is 1.82. The smallest absolute Gasteiger partial charge is 0.410 e. The summed E-state index contributed by atoms with van der Waals surface area (Å²) in [6, 6.07) is 11.9. The first-order valence-corrected chi connectivity index (χ1v) is 9.07. The molecule has 0 aliphatic carbocycles. The van der Waals surface area contributed by atoms with Crippen molar-refractivity contribution in [3.05, 3.63) is 47.7 Å². The average Bonchev–Trinajstić information content (AvgIpc) is 3.11. The van der Waals surface area contributed by atoms with E-state index in [0.29, 0.717) is 26.1 Å². The van der Waals surface area contributed by atoms with E-state index in [4.69, 9.17) is 14.0 Å². The Morgan fingerprint density at radius 1 is 1.26 bits per heavy atom. The molecule has 0 N–H and O–H groups in total. The first-order chi connectivity index (χ1) is 12.9. The van der Waals surface area contributed by atoms with E-state index in [9.17, 15) is 4.79 Å². The summed E-state index contributed by atoms with van der Waals surface area (Å²) >= 11 is 0. The van der Waals surface area contributed by atoms with Crippen LogP contribution in [0.5, 0.6) is 0 Å². The molecule has 0 bridgehead atoms. The zero-order chi connectivity index (χ0) is 19.4. The molecule has 0 saturated carbocycles. The lowest BCUT2D eigenvalue weighted by Crippen LogP contribution is -2.41. The number of ether oxygens (including phenoxy) is 2. The van der Waals surface area contributed by atoms with Crippen molar-refractivity contribution < 1.29 is 18.8 Å². The third-order valence-electron chi connectivity index (χ3n) is 4.29. The molecule has 2 heterocycles. The normalized spacial score (nSPS) is 15.2. The van der Waals surface area contributed by atoms with Gasteiger partial charge in [-0.25, -0.2) is 4.79 Å². The van der Waals surface area contributed by atoms with Gasteiger partial charge in [0, 0.05) is 37.4 Å². The number of aromatic nitrogens is 1. The van der Waals surface area contributed by atoms with E-state index in [1.807, 2.05) is 57.2 Å². The molecule has 27 heavy (non-hydrogen) atoms. The number of hydrogen-bond acceptors (Lipinski definition) is 5. The molecule has 0 fully saturated rings. The number of methoxy groups -OCH3 is 1. The predicted octanol–water partition coefficient (Wildman–Crippen LogP) is 4.38. The molecule has 0 saturated heterocycles. The zero-order valence-corrected chi connectivity index (χ0v) is 16.3. The van der Waals surface area contributed by atoms with Gasteiger partial charge >= 0.3 is 6.09 Å². The van der Waals surface area contributed by atoms with Gasteiger partial charge in [0.05, 0.1) is 6.61 Å². The Kier molecular flexibility index (Phi) is 5.65. The van der Waals surface area contributed by atoms with Crippen molar-refractivity contribution in [3.63, 3.8) is 0 Å². The topological polar surface area (TPSA) is 64.8 Å². The monoisotopic (exact) mass is 370 g/mol. The highest BCUT2D eigenvalue weighted by molar-refractivity contribution is 5.74. The zero-order valence-electron chi connectivity index (χ0n) is 16.3. The fraction of sp³-hybridized carbons (Fsp3) is 0.429. The Hall–Kier alpha value is -2.60. The van der Waals surface area contributed by atoms with Gasteiger partial charge in [0.15, 0.2) is 5.76 Å². The average molecular weight is 370 g/mol. The van der Waals surface area contributed by atoms with E-state index in [1.54, 1.807) is 12.0 Å². The van der Waals surface area contributed by atoms with Crippen molar-refractivity contribution in [1.82, 2.24) is 10.1 Å². The molecule has 0 unspecified atom stereocenters. The maximum absolute atomic E-state index is 12.4. The van der Waals surface area contributed by atoms with Gasteiger partial charge in [-0.1, -0.05) is 35.5 Å². The molecular weight excluding hydrogens is 344 g/mol. The lowest BCUT2D eigenvalue weighted by molar-refractivity contribution is 0.0257. The standard InChI is InChI=1S/C21H26N2O4/c1-21(2,3)26-20(24)23-11-10-17(16(13-23)14-25-4)19-12-18(22-27-19)15-8-6-5-7-9-15/h5-9,12H,10-11,13-14H2,1-4H3. The number of nitrogens with zero attached hydrogens (tertiary/aromatic N) is 2. The molecule has 1 aromatic heterocycles. The van der Waals surface area contributed by atoms with Crippen molar-refractivity contribution in [1.29, 1.82) is 0 Å². The van der Waals surface area contributed by atoms with Crippen LogP contribution in [-0.4, -0.2) is 48.6 Å². The van der Waals surface area contributed by atoms with Crippen molar-refractivity contribution in [2.45, 2.75) is 32.8 Å². The quantitative estimate of drug-likeness (QED) is 0.799. The first kappa shape index (κ1) is 19.2. The van der Waals surface area contributed by atoms with Crippen LogP contribution in [0.4, 0.5) is 4.79 Å². The summed E-state index contributed by atoms with van der Waals surface area (Å²) in [5.74, 6) is 0.727. The van der Waals surface area contributed by atoms with Crippen LogP contribution in [0, 0.1) is 0 Å². The van der Waals surface area contributed by atoms with Gasteiger partial charge in [0.2, 0.25) is 0 Å². The second-order valence-electron chi connectivity index (χ2n) is 7.61. The Bertz CT molecular complexity index is 818. The highest BCUT2D eigenvalue weighted by atomic mass is 16.6. The number of amides is 1. The van der Waals surface area contributed by atoms with Crippen LogP contribution in [-0.2, 0) is 9.47 Å². The van der Waals surface area contributed by atoms with Crippen LogP contribution >= 0.6 is 0 Å². The van der Waals surface area contributed by atoms with E-state index in [-0.39, 0.29) is 6.09 Å². The second-order valence-corrected chi connectivity index (χ2v) is 7.61. The number of rotatable bonds is 4. The SMILES string of the molecule is COCC1=C(c2cc(-c3ccccc3)no2)CCN(C(=O)OC(C)(C)C)C1. The molecule has 6 heteroatoms. The molecule has 1 aromatic carbocycles. The fourth-order valence-electron chi connectivity index (χ4n) is 3.08. The molecule has 1 amide bonds. The van der Waals surface area contributed by atoms with Crippen LogP contribution in [0.15, 0.2) is 46.5 Å². The number of benzene rings is 1. The van der Waals surface area contributed by atoms with Gasteiger partial charge in [0.25, 0.3) is 0 Å². The van der Waals surface area contributed by atoms with Crippen molar-refractivity contribution in [2.75, 3.05) is 26.8 Å². The highest BCUT2D eigenvalue weighted by Crippen LogP contribution is 2.31. The lowest BCUT2D eigenvalue weighted by Gasteiger charge is -2.32. The van der Waals surface area contributed by atoms with E-state index < -0.39 is 5.60 Å². The molecule has 0 spiro atoms. The van der Waals surface area contributed by atoms with Crippen molar-refractivity contribution in [2.24, 2.45) is 0 Å². The maximum Gasteiger partial charge on any atom is 0.410 e. The summed E-state index contributed by atoms with van der Waals surface area (Å²) in [6.07, 6.45) is 0.360. The summed E-state index contributed by atoms with van der Waals surface area (Å²) in [7, 11) is 1.65. The van der Waals surface area contributed by atoms with Crippen LogP contribution in [0.1, 0.15) is 33.0 Å². The minimum absolute atomic E-state index is 0.308. The number of carbonyl (C=O) groups is 1.